The first kappa shape index (κ1) is 13.2. The molecule has 1 aromatic rings. The van der Waals surface area contributed by atoms with Gasteiger partial charge in [-0.25, -0.2) is 0 Å². The number of nitrogens with one attached hydrogen (secondary N) is 1. The van der Waals surface area contributed by atoms with Crippen LogP contribution in [0, 0.1) is 5.92 Å². The highest BCUT2D eigenvalue weighted by Gasteiger charge is 2.34. The minimum Gasteiger partial charge on any atom is -0.508 e. The summed E-state index contributed by atoms with van der Waals surface area (Å²) in [4.78, 5) is 0. The highest BCUT2D eigenvalue weighted by atomic mass is 19.4. The van der Waals surface area contributed by atoms with E-state index in [1.165, 1.54) is 12.1 Å². The third kappa shape index (κ3) is 3.16. The predicted molar refractivity (Wildman–Crippen MR) is 62.4 cm³/mol. The second kappa shape index (κ2) is 5.18. The molecule has 0 bridgehead atoms. The lowest BCUT2D eigenvalue weighted by atomic mass is 9.89. The van der Waals surface area contributed by atoms with E-state index in [1.54, 1.807) is 0 Å². The molecule has 2 nitrogen and oxygen atoms in total. The Hall–Kier alpha value is -1.23. The topological polar surface area (TPSA) is 32.3 Å². The largest absolute Gasteiger partial charge is 0.508 e. The van der Waals surface area contributed by atoms with Crippen LogP contribution in [-0.4, -0.2) is 18.2 Å². The highest BCUT2D eigenvalue weighted by molar-refractivity contribution is 5.37. The molecule has 0 atom stereocenters. The molecule has 2 N–H and O–H groups in total. The van der Waals surface area contributed by atoms with Crippen molar-refractivity contribution in [2.75, 3.05) is 13.1 Å². The molecule has 18 heavy (non-hydrogen) atoms. The summed E-state index contributed by atoms with van der Waals surface area (Å²) in [5, 5.41) is 12.4. The van der Waals surface area contributed by atoms with Crippen molar-refractivity contribution in [3.05, 3.63) is 29.3 Å². The van der Waals surface area contributed by atoms with E-state index in [1.807, 2.05) is 0 Å². The van der Waals surface area contributed by atoms with Crippen molar-refractivity contribution in [2.24, 2.45) is 5.92 Å². The van der Waals surface area contributed by atoms with E-state index >= 15 is 0 Å². The molecule has 1 saturated heterocycles. The molecule has 0 saturated carbocycles. The molecule has 1 fully saturated rings. The summed E-state index contributed by atoms with van der Waals surface area (Å²) in [5.41, 5.74) is -0.423. The van der Waals surface area contributed by atoms with Gasteiger partial charge in [-0.1, -0.05) is 6.07 Å². The first-order chi connectivity index (χ1) is 8.47. The van der Waals surface area contributed by atoms with E-state index in [0.717, 1.165) is 32.0 Å². The Bertz CT molecular complexity index is 411. The van der Waals surface area contributed by atoms with E-state index < -0.39 is 11.7 Å². The van der Waals surface area contributed by atoms with Crippen molar-refractivity contribution in [1.82, 2.24) is 5.32 Å². The molecule has 2 rings (SSSR count). The zero-order chi connectivity index (χ0) is 13.2. The molecule has 0 amide bonds. The van der Waals surface area contributed by atoms with E-state index in [-0.39, 0.29) is 17.2 Å². The van der Waals surface area contributed by atoms with E-state index in [2.05, 4.69) is 5.32 Å². The van der Waals surface area contributed by atoms with Crippen molar-refractivity contribution >= 4 is 0 Å². The van der Waals surface area contributed by atoms with Crippen molar-refractivity contribution in [3.63, 3.8) is 0 Å². The van der Waals surface area contributed by atoms with E-state index in [0.29, 0.717) is 6.42 Å². The zero-order valence-electron chi connectivity index (χ0n) is 9.93. The Morgan fingerprint density at radius 1 is 1.22 bits per heavy atom. The van der Waals surface area contributed by atoms with Gasteiger partial charge in [-0.15, -0.1) is 0 Å². The third-order valence-corrected chi connectivity index (χ3v) is 3.37. The maximum absolute atomic E-state index is 12.9. The molecule has 0 radical (unpaired) electrons. The van der Waals surface area contributed by atoms with E-state index in [4.69, 9.17) is 0 Å². The Kier molecular flexibility index (Phi) is 3.80. The van der Waals surface area contributed by atoms with Gasteiger partial charge in [0.1, 0.15) is 5.75 Å². The van der Waals surface area contributed by atoms with Crippen LogP contribution >= 0.6 is 0 Å². The van der Waals surface area contributed by atoms with Crippen LogP contribution in [0.25, 0.3) is 0 Å². The van der Waals surface area contributed by atoms with Gasteiger partial charge in [0.25, 0.3) is 0 Å². The van der Waals surface area contributed by atoms with Gasteiger partial charge in [0, 0.05) is 0 Å². The van der Waals surface area contributed by atoms with Crippen LogP contribution < -0.4 is 5.32 Å². The number of piperidine rings is 1. The average molecular weight is 259 g/mol. The first-order valence-corrected chi connectivity index (χ1v) is 6.06. The van der Waals surface area contributed by atoms with Gasteiger partial charge in [0.15, 0.2) is 0 Å². The summed E-state index contributed by atoms with van der Waals surface area (Å²) < 4.78 is 38.6. The lowest BCUT2D eigenvalue weighted by molar-refractivity contribution is -0.138. The van der Waals surface area contributed by atoms with Crippen LogP contribution in [-0.2, 0) is 12.6 Å². The molecular weight excluding hydrogens is 243 g/mol. The van der Waals surface area contributed by atoms with Crippen LogP contribution in [0.1, 0.15) is 24.0 Å². The first-order valence-electron chi connectivity index (χ1n) is 6.06. The summed E-state index contributed by atoms with van der Waals surface area (Å²) in [5.74, 6) is -0.0479. The second-order valence-corrected chi connectivity index (χ2v) is 4.74. The standard InChI is InChI=1S/C13H16F3NO/c14-13(15,16)12-8-11(18)2-1-10(12)7-9-3-5-17-6-4-9/h1-2,8-9,17-18H,3-7H2. The van der Waals surface area contributed by atoms with Gasteiger partial charge < -0.3 is 10.4 Å². The van der Waals surface area contributed by atoms with Crippen LogP contribution in [0.15, 0.2) is 18.2 Å². The van der Waals surface area contributed by atoms with Crippen LogP contribution in [0.5, 0.6) is 5.75 Å². The number of alkyl halides is 3. The summed E-state index contributed by atoms with van der Waals surface area (Å²) in [7, 11) is 0. The Morgan fingerprint density at radius 2 is 1.89 bits per heavy atom. The second-order valence-electron chi connectivity index (χ2n) is 4.74. The molecule has 1 aliphatic rings. The van der Waals surface area contributed by atoms with Crippen molar-refractivity contribution in [1.29, 1.82) is 0 Å². The van der Waals surface area contributed by atoms with Gasteiger partial charge in [0.2, 0.25) is 0 Å². The maximum Gasteiger partial charge on any atom is 0.416 e. The fourth-order valence-electron chi connectivity index (χ4n) is 2.40. The van der Waals surface area contributed by atoms with Gasteiger partial charge in [-0.05, 0) is 56.0 Å². The number of rotatable bonds is 2. The normalized spacial score (nSPS) is 17.9. The lowest BCUT2D eigenvalue weighted by Gasteiger charge is -2.24. The molecule has 5 heteroatoms. The summed E-state index contributed by atoms with van der Waals surface area (Å²) in [6, 6.07) is 3.53. The minimum absolute atomic E-state index is 0.284. The Labute approximate surface area is 104 Å². The van der Waals surface area contributed by atoms with Crippen LogP contribution in [0.4, 0.5) is 13.2 Å². The zero-order valence-corrected chi connectivity index (χ0v) is 9.93. The minimum atomic E-state index is -4.40. The van der Waals surface area contributed by atoms with Gasteiger partial charge in [-0.3, -0.25) is 0 Å². The number of phenols is 1. The maximum atomic E-state index is 12.9. The number of hydrogen-bond donors (Lipinski definition) is 2. The van der Waals surface area contributed by atoms with Gasteiger partial charge in [-0.2, -0.15) is 13.2 Å². The number of phenolic OH excluding ortho intramolecular Hbond substituents is 1. The summed E-state index contributed by atoms with van der Waals surface area (Å²) in [6.07, 6.45) is -2.17. The molecule has 1 aliphatic heterocycles. The third-order valence-electron chi connectivity index (χ3n) is 3.37. The summed E-state index contributed by atoms with van der Waals surface area (Å²) >= 11 is 0. The monoisotopic (exact) mass is 259 g/mol. The fraction of sp³-hybridized carbons (Fsp3) is 0.538. The van der Waals surface area contributed by atoms with Crippen molar-refractivity contribution in [3.8, 4) is 5.75 Å². The predicted octanol–water partition coefficient (Wildman–Crippen LogP) is 2.95. The summed E-state index contributed by atoms with van der Waals surface area (Å²) in [6.45, 7) is 1.73. The number of hydrogen-bond acceptors (Lipinski definition) is 2. The Balaban J connectivity index is 2.21. The molecular formula is C13H16F3NO. The smallest absolute Gasteiger partial charge is 0.416 e. The fourth-order valence-corrected chi connectivity index (χ4v) is 2.40. The van der Waals surface area contributed by atoms with Gasteiger partial charge >= 0.3 is 6.18 Å². The molecule has 0 aromatic heterocycles. The van der Waals surface area contributed by atoms with Crippen LogP contribution in [0.3, 0.4) is 0 Å². The van der Waals surface area contributed by atoms with Crippen LogP contribution in [0.2, 0.25) is 0 Å². The van der Waals surface area contributed by atoms with E-state index in [9.17, 15) is 18.3 Å². The highest BCUT2D eigenvalue weighted by Crippen LogP contribution is 2.35. The van der Waals surface area contributed by atoms with Gasteiger partial charge in [0.05, 0.1) is 5.56 Å². The molecule has 1 heterocycles. The van der Waals surface area contributed by atoms with Crippen molar-refractivity contribution < 1.29 is 18.3 Å². The number of benzene rings is 1. The molecule has 0 aliphatic carbocycles. The molecule has 0 spiro atoms. The molecule has 100 valence electrons. The van der Waals surface area contributed by atoms with Crippen molar-refractivity contribution in [2.45, 2.75) is 25.4 Å². The molecule has 1 aromatic carbocycles. The molecule has 0 unspecified atom stereocenters. The number of halogens is 3. The SMILES string of the molecule is Oc1ccc(CC2CCNCC2)c(C(F)(F)F)c1. The lowest BCUT2D eigenvalue weighted by Crippen LogP contribution is -2.29. The number of aromatic hydroxyl groups is 1. The quantitative estimate of drug-likeness (QED) is 0.855. The Morgan fingerprint density at radius 3 is 2.50 bits per heavy atom. The average Bonchev–Trinajstić information content (AvgIpc) is 2.31.